The van der Waals surface area contributed by atoms with Crippen molar-refractivity contribution in [2.45, 2.75) is 25.9 Å². The number of carbonyl (C=O) groups excluding carboxylic acids is 1. The van der Waals surface area contributed by atoms with Gasteiger partial charge in [-0.3, -0.25) is 9.69 Å². The Kier molecular flexibility index (Phi) is 8.56. The lowest BCUT2D eigenvalue weighted by Gasteiger charge is -2.30. The number of nitrogens with zero attached hydrogens (tertiary/aromatic N) is 2. The Hall–Kier alpha value is -2.93. The Morgan fingerprint density at radius 2 is 1.16 bits per heavy atom. The molecule has 0 unspecified atom stereocenters. The molecule has 2 atom stereocenters. The second kappa shape index (κ2) is 10.9. The van der Waals surface area contributed by atoms with Gasteiger partial charge in [-0.2, -0.15) is 0 Å². The molecule has 2 aromatic rings. The Labute approximate surface area is 185 Å². The third-order valence-corrected chi connectivity index (χ3v) is 5.80. The van der Waals surface area contributed by atoms with Crippen molar-refractivity contribution < 1.29 is 23.7 Å². The van der Waals surface area contributed by atoms with Crippen LogP contribution in [-0.2, 0) is 4.79 Å². The summed E-state index contributed by atoms with van der Waals surface area (Å²) in [6.07, 6.45) is 0. The van der Waals surface area contributed by atoms with Crippen molar-refractivity contribution in [3.63, 3.8) is 0 Å². The molecule has 31 heavy (non-hydrogen) atoms. The SMILES string of the molecule is COc1ccc([C@H](C)N(C)CC(=O)N(C)[C@@H](C)c2ccc(OC)c(OC)c2)cc1OC. The van der Waals surface area contributed by atoms with Crippen molar-refractivity contribution in [1.82, 2.24) is 9.80 Å². The van der Waals surface area contributed by atoms with Gasteiger partial charge in [0.1, 0.15) is 0 Å². The minimum absolute atomic E-state index is 0.0218. The Morgan fingerprint density at radius 1 is 0.742 bits per heavy atom. The van der Waals surface area contributed by atoms with Gasteiger partial charge in [0.05, 0.1) is 41.0 Å². The predicted molar refractivity (Wildman–Crippen MR) is 121 cm³/mol. The molecule has 7 nitrogen and oxygen atoms in total. The zero-order valence-corrected chi connectivity index (χ0v) is 19.8. The van der Waals surface area contributed by atoms with Gasteiger partial charge in [0.15, 0.2) is 23.0 Å². The smallest absolute Gasteiger partial charge is 0.237 e. The van der Waals surface area contributed by atoms with E-state index < -0.39 is 0 Å². The average Bonchev–Trinajstić information content (AvgIpc) is 2.81. The minimum atomic E-state index is -0.114. The summed E-state index contributed by atoms with van der Waals surface area (Å²) in [4.78, 5) is 16.8. The first-order chi connectivity index (χ1) is 14.8. The summed E-state index contributed by atoms with van der Waals surface area (Å²) in [5, 5.41) is 0. The molecule has 0 radical (unpaired) electrons. The van der Waals surface area contributed by atoms with Gasteiger partial charge in [0.2, 0.25) is 5.91 Å². The second-order valence-corrected chi connectivity index (χ2v) is 7.50. The zero-order valence-electron chi connectivity index (χ0n) is 19.8. The number of methoxy groups -OCH3 is 4. The van der Waals surface area contributed by atoms with Gasteiger partial charge in [0.25, 0.3) is 0 Å². The van der Waals surface area contributed by atoms with Crippen LogP contribution in [0.3, 0.4) is 0 Å². The molecule has 0 aliphatic carbocycles. The highest BCUT2D eigenvalue weighted by molar-refractivity contribution is 5.78. The highest BCUT2D eigenvalue weighted by Gasteiger charge is 2.23. The fraction of sp³-hybridized carbons (Fsp3) is 0.458. The van der Waals surface area contributed by atoms with Gasteiger partial charge in [-0.15, -0.1) is 0 Å². The van der Waals surface area contributed by atoms with Crippen LogP contribution in [0.15, 0.2) is 36.4 Å². The zero-order chi connectivity index (χ0) is 23.1. The molecule has 0 heterocycles. The number of benzene rings is 2. The number of rotatable bonds is 10. The lowest BCUT2D eigenvalue weighted by Crippen LogP contribution is -2.38. The van der Waals surface area contributed by atoms with E-state index in [-0.39, 0.29) is 24.5 Å². The summed E-state index contributed by atoms with van der Waals surface area (Å²) in [5.74, 6) is 2.69. The summed E-state index contributed by atoms with van der Waals surface area (Å²) in [5.41, 5.74) is 2.02. The molecule has 0 aliphatic rings. The first-order valence-electron chi connectivity index (χ1n) is 10.2. The van der Waals surface area contributed by atoms with Crippen LogP contribution >= 0.6 is 0 Å². The van der Waals surface area contributed by atoms with Crippen LogP contribution in [0.1, 0.15) is 37.1 Å². The molecule has 0 N–H and O–H groups in total. The van der Waals surface area contributed by atoms with Crippen LogP contribution in [0.4, 0.5) is 0 Å². The molecule has 0 saturated heterocycles. The summed E-state index contributed by atoms with van der Waals surface area (Å²) in [6.45, 7) is 4.34. The number of hydrogen-bond acceptors (Lipinski definition) is 6. The highest BCUT2D eigenvalue weighted by Crippen LogP contribution is 2.33. The fourth-order valence-corrected chi connectivity index (χ4v) is 3.38. The molecule has 0 saturated carbocycles. The van der Waals surface area contributed by atoms with Crippen LogP contribution in [-0.4, -0.2) is 64.8 Å². The van der Waals surface area contributed by atoms with Crippen LogP contribution in [0.2, 0.25) is 0 Å². The van der Waals surface area contributed by atoms with E-state index in [0.717, 1.165) is 11.1 Å². The molecular formula is C24H34N2O5. The maximum absolute atomic E-state index is 13.0. The lowest BCUT2D eigenvalue weighted by molar-refractivity contribution is -0.133. The van der Waals surface area contributed by atoms with Crippen molar-refractivity contribution in [3.8, 4) is 23.0 Å². The van der Waals surface area contributed by atoms with Crippen LogP contribution in [0, 0.1) is 0 Å². The van der Waals surface area contributed by atoms with Crippen LogP contribution < -0.4 is 18.9 Å². The molecule has 1 amide bonds. The molecule has 7 heteroatoms. The third-order valence-electron chi connectivity index (χ3n) is 5.80. The number of carbonyl (C=O) groups is 1. The van der Waals surface area contributed by atoms with Gasteiger partial charge in [0, 0.05) is 13.1 Å². The monoisotopic (exact) mass is 430 g/mol. The quantitative estimate of drug-likeness (QED) is 0.569. The predicted octanol–water partition coefficient (Wildman–Crippen LogP) is 3.93. The van der Waals surface area contributed by atoms with E-state index in [1.54, 1.807) is 33.3 Å². The maximum Gasteiger partial charge on any atom is 0.237 e. The minimum Gasteiger partial charge on any atom is -0.493 e. The van der Waals surface area contributed by atoms with Gasteiger partial charge >= 0.3 is 0 Å². The van der Waals surface area contributed by atoms with Crippen molar-refractivity contribution in [2.75, 3.05) is 49.1 Å². The van der Waals surface area contributed by atoms with E-state index in [2.05, 4.69) is 6.92 Å². The molecule has 2 aromatic carbocycles. The molecular weight excluding hydrogens is 396 g/mol. The van der Waals surface area contributed by atoms with Gasteiger partial charge in [-0.05, 0) is 56.3 Å². The van der Waals surface area contributed by atoms with Gasteiger partial charge < -0.3 is 23.8 Å². The average molecular weight is 431 g/mol. The summed E-state index contributed by atoms with van der Waals surface area (Å²) < 4.78 is 21.4. The number of likely N-dealkylation sites (N-methyl/N-ethyl adjacent to an activating group) is 2. The lowest BCUT2D eigenvalue weighted by atomic mass is 10.1. The van der Waals surface area contributed by atoms with Crippen molar-refractivity contribution in [2.24, 2.45) is 0 Å². The number of ether oxygens (including phenoxy) is 4. The van der Waals surface area contributed by atoms with Crippen LogP contribution in [0.5, 0.6) is 23.0 Å². The molecule has 2 rings (SSSR count). The summed E-state index contributed by atoms with van der Waals surface area (Å²) in [6, 6.07) is 11.4. The molecule has 0 aliphatic heterocycles. The van der Waals surface area contributed by atoms with E-state index >= 15 is 0 Å². The van der Waals surface area contributed by atoms with Crippen molar-refractivity contribution >= 4 is 5.91 Å². The summed E-state index contributed by atoms with van der Waals surface area (Å²) >= 11 is 0. The second-order valence-electron chi connectivity index (χ2n) is 7.50. The van der Waals surface area contributed by atoms with E-state index in [4.69, 9.17) is 18.9 Å². The standard InChI is InChI=1S/C24H34N2O5/c1-16(18-9-11-20(28-5)22(13-18)30-7)25(3)15-24(27)26(4)17(2)19-10-12-21(29-6)23(14-19)31-8/h9-14,16-17H,15H2,1-8H3/t16-,17-/m0/s1. The highest BCUT2D eigenvalue weighted by atomic mass is 16.5. The Balaban J connectivity index is 2.09. The van der Waals surface area contributed by atoms with Gasteiger partial charge in [-0.25, -0.2) is 0 Å². The molecule has 0 aromatic heterocycles. The van der Waals surface area contributed by atoms with E-state index in [0.29, 0.717) is 23.0 Å². The Morgan fingerprint density at radius 3 is 1.58 bits per heavy atom. The Bertz CT molecular complexity index is 886. The third kappa shape index (κ3) is 5.61. The molecule has 0 fully saturated rings. The summed E-state index contributed by atoms with van der Waals surface area (Å²) in [7, 11) is 10.2. The normalized spacial score (nSPS) is 12.8. The molecule has 170 valence electrons. The van der Waals surface area contributed by atoms with Crippen LogP contribution in [0.25, 0.3) is 0 Å². The van der Waals surface area contributed by atoms with E-state index in [1.807, 2.05) is 62.3 Å². The van der Waals surface area contributed by atoms with Gasteiger partial charge in [-0.1, -0.05) is 12.1 Å². The fourth-order valence-electron chi connectivity index (χ4n) is 3.38. The van der Waals surface area contributed by atoms with Crippen molar-refractivity contribution in [1.29, 1.82) is 0 Å². The molecule has 0 bridgehead atoms. The first kappa shape index (κ1) is 24.3. The maximum atomic E-state index is 13.0. The van der Waals surface area contributed by atoms with Crippen molar-refractivity contribution in [3.05, 3.63) is 47.5 Å². The first-order valence-corrected chi connectivity index (χ1v) is 10.2. The largest absolute Gasteiger partial charge is 0.493 e. The van der Waals surface area contributed by atoms with E-state index in [9.17, 15) is 4.79 Å². The topological polar surface area (TPSA) is 60.5 Å². The van der Waals surface area contributed by atoms with E-state index in [1.165, 1.54) is 0 Å². The number of amides is 1. The molecule has 0 spiro atoms. The number of hydrogen-bond donors (Lipinski definition) is 0.